The molecule has 1 aliphatic heterocycles. The topological polar surface area (TPSA) is 76.8 Å². The van der Waals surface area contributed by atoms with Crippen LogP contribution in [0.15, 0.2) is 41.0 Å². The fourth-order valence-corrected chi connectivity index (χ4v) is 4.09. The van der Waals surface area contributed by atoms with Crippen molar-refractivity contribution >= 4 is 35.1 Å². The summed E-state index contributed by atoms with van der Waals surface area (Å²) in [5.74, 6) is -1.35. The minimum absolute atomic E-state index is 0.0254. The fraction of sp³-hybridized carbons (Fsp3) is 0.350. The van der Waals surface area contributed by atoms with Crippen LogP contribution in [0.5, 0.6) is 5.75 Å². The molecule has 2 aliphatic rings. The SMILES string of the molecule is C[C@@H]1CC[C@H]2C(=O)N(c3cc(Cl)ccc3OC(=O)c3ccco3)C(=O)[C@@H]2C1. The summed E-state index contributed by atoms with van der Waals surface area (Å²) in [4.78, 5) is 39.3. The highest BCUT2D eigenvalue weighted by atomic mass is 35.5. The maximum atomic E-state index is 13.0. The number of amides is 2. The van der Waals surface area contributed by atoms with E-state index in [2.05, 4.69) is 6.92 Å². The van der Waals surface area contributed by atoms with E-state index in [0.29, 0.717) is 23.8 Å². The van der Waals surface area contributed by atoms with Crippen LogP contribution in [-0.2, 0) is 9.59 Å². The molecule has 2 heterocycles. The standard InChI is InChI=1S/C20H18ClNO5/c1-11-4-6-13-14(9-11)19(24)22(18(13)23)15-10-12(21)5-7-16(15)27-20(25)17-3-2-8-26-17/h2-3,5,7-8,10-11,13-14H,4,6,9H2,1H3/t11-,13-,14-/m1/s1. The van der Waals surface area contributed by atoms with Gasteiger partial charge in [0.05, 0.1) is 23.8 Å². The average molecular weight is 388 g/mol. The van der Waals surface area contributed by atoms with Gasteiger partial charge in [-0.15, -0.1) is 0 Å². The van der Waals surface area contributed by atoms with Gasteiger partial charge in [-0.2, -0.15) is 0 Å². The Hall–Kier alpha value is -2.60. The van der Waals surface area contributed by atoms with Gasteiger partial charge in [0.15, 0.2) is 5.75 Å². The van der Waals surface area contributed by atoms with Crippen molar-refractivity contribution in [3.05, 3.63) is 47.4 Å². The highest BCUT2D eigenvalue weighted by Crippen LogP contribution is 2.44. The Labute approximate surface area is 161 Å². The number of carbonyl (C=O) groups excluding carboxylic acids is 3. The zero-order valence-electron chi connectivity index (χ0n) is 14.7. The van der Waals surface area contributed by atoms with Gasteiger partial charge in [-0.1, -0.05) is 18.5 Å². The maximum Gasteiger partial charge on any atom is 0.379 e. The van der Waals surface area contributed by atoms with E-state index < -0.39 is 5.97 Å². The number of halogens is 1. The van der Waals surface area contributed by atoms with Gasteiger partial charge in [-0.05, 0) is 55.5 Å². The predicted molar refractivity (Wildman–Crippen MR) is 97.6 cm³/mol. The lowest BCUT2D eigenvalue weighted by Crippen LogP contribution is -2.31. The van der Waals surface area contributed by atoms with Crippen LogP contribution in [0.1, 0.15) is 36.7 Å². The molecule has 1 aromatic carbocycles. The smallest absolute Gasteiger partial charge is 0.379 e. The van der Waals surface area contributed by atoms with E-state index in [1.54, 1.807) is 6.07 Å². The molecule has 1 aromatic heterocycles. The van der Waals surface area contributed by atoms with E-state index >= 15 is 0 Å². The van der Waals surface area contributed by atoms with E-state index in [1.165, 1.54) is 30.5 Å². The number of carbonyl (C=O) groups is 3. The number of nitrogens with zero attached hydrogens (tertiary/aromatic N) is 1. The van der Waals surface area contributed by atoms with Crippen LogP contribution in [0.25, 0.3) is 0 Å². The Morgan fingerprint density at radius 1 is 1.19 bits per heavy atom. The minimum atomic E-state index is -0.714. The summed E-state index contributed by atoms with van der Waals surface area (Å²) in [6.07, 6.45) is 3.66. The Balaban J connectivity index is 1.69. The number of furan rings is 1. The Morgan fingerprint density at radius 2 is 1.96 bits per heavy atom. The molecule has 1 saturated heterocycles. The van der Waals surface area contributed by atoms with E-state index in [1.807, 2.05) is 0 Å². The molecule has 2 fully saturated rings. The molecule has 0 unspecified atom stereocenters. The van der Waals surface area contributed by atoms with Crippen LogP contribution in [0.3, 0.4) is 0 Å². The first-order valence-corrected chi connectivity index (χ1v) is 9.26. The third-order valence-electron chi connectivity index (χ3n) is 5.27. The number of rotatable bonds is 3. The lowest BCUT2D eigenvalue weighted by atomic mass is 9.76. The van der Waals surface area contributed by atoms with Gasteiger partial charge in [0.1, 0.15) is 0 Å². The average Bonchev–Trinajstić information content (AvgIpc) is 3.25. The van der Waals surface area contributed by atoms with Crippen molar-refractivity contribution in [2.24, 2.45) is 17.8 Å². The lowest BCUT2D eigenvalue weighted by molar-refractivity contribution is -0.122. The normalized spacial score (nSPS) is 24.8. The molecule has 1 saturated carbocycles. The second-order valence-electron chi connectivity index (χ2n) is 7.12. The van der Waals surface area contributed by atoms with Crippen LogP contribution < -0.4 is 9.64 Å². The van der Waals surface area contributed by atoms with Crippen molar-refractivity contribution in [1.82, 2.24) is 0 Å². The molecule has 3 atom stereocenters. The summed E-state index contributed by atoms with van der Waals surface area (Å²) in [6, 6.07) is 7.53. The van der Waals surface area contributed by atoms with Crippen LogP contribution >= 0.6 is 11.6 Å². The van der Waals surface area contributed by atoms with Crippen LogP contribution in [0.2, 0.25) is 5.02 Å². The van der Waals surface area contributed by atoms with Crippen molar-refractivity contribution < 1.29 is 23.5 Å². The van der Waals surface area contributed by atoms with E-state index in [-0.39, 0.29) is 40.8 Å². The van der Waals surface area contributed by atoms with Gasteiger partial charge in [-0.3, -0.25) is 9.59 Å². The third-order valence-corrected chi connectivity index (χ3v) is 5.51. The van der Waals surface area contributed by atoms with Crippen LogP contribution in [0, 0.1) is 17.8 Å². The molecule has 2 aromatic rings. The summed E-state index contributed by atoms with van der Waals surface area (Å²) in [5.41, 5.74) is 0.194. The molecule has 2 amide bonds. The van der Waals surface area contributed by atoms with Gasteiger partial charge in [0, 0.05) is 5.02 Å². The van der Waals surface area contributed by atoms with Crippen molar-refractivity contribution in [2.45, 2.75) is 26.2 Å². The lowest BCUT2D eigenvalue weighted by Gasteiger charge is -2.25. The van der Waals surface area contributed by atoms with Crippen LogP contribution in [0.4, 0.5) is 5.69 Å². The number of fused-ring (bicyclic) bond motifs is 1. The van der Waals surface area contributed by atoms with Gasteiger partial charge < -0.3 is 9.15 Å². The molecular formula is C20H18ClNO5. The maximum absolute atomic E-state index is 13.0. The molecule has 0 radical (unpaired) electrons. The first kappa shape index (κ1) is 17.8. The van der Waals surface area contributed by atoms with Crippen molar-refractivity contribution in [1.29, 1.82) is 0 Å². The van der Waals surface area contributed by atoms with Gasteiger partial charge in [0.25, 0.3) is 0 Å². The van der Waals surface area contributed by atoms with E-state index in [0.717, 1.165) is 11.3 Å². The molecule has 4 rings (SSSR count). The number of imide groups is 1. The Morgan fingerprint density at radius 3 is 2.70 bits per heavy atom. The largest absolute Gasteiger partial charge is 0.457 e. The first-order chi connectivity index (χ1) is 13.0. The Bertz CT molecular complexity index is 907. The highest BCUT2D eigenvalue weighted by molar-refractivity contribution is 6.31. The molecule has 0 N–H and O–H groups in total. The van der Waals surface area contributed by atoms with Crippen molar-refractivity contribution in [3.63, 3.8) is 0 Å². The highest BCUT2D eigenvalue weighted by Gasteiger charge is 2.50. The summed E-state index contributed by atoms with van der Waals surface area (Å²) >= 11 is 6.09. The molecule has 6 nitrogen and oxygen atoms in total. The first-order valence-electron chi connectivity index (χ1n) is 8.88. The van der Waals surface area contributed by atoms with Gasteiger partial charge >= 0.3 is 5.97 Å². The summed E-state index contributed by atoms with van der Waals surface area (Å²) in [7, 11) is 0. The number of esters is 1. The van der Waals surface area contributed by atoms with Crippen molar-refractivity contribution in [3.8, 4) is 5.75 Å². The van der Waals surface area contributed by atoms with Crippen molar-refractivity contribution in [2.75, 3.05) is 4.90 Å². The quantitative estimate of drug-likeness (QED) is 0.450. The zero-order chi connectivity index (χ0) is 19.1. The molecule has 1 aliphatic carbocycles. The summed E-state index contributed by atoms with van der Waals surface area (Å²) in [6.45, 7) is 2.09. The van der Waals surface area contributed by atoms with E-state index in [9.17, 15) is 14.4 Å². The molecule has 27 heavy (non-hydrogen) atoms. The number of anilines is 1. The number of hydrogen-bond donors (Lipinski definition) is 0. The van der Waals surface area contributed by atoms with Gasteiger partial charge in [-0.25, -0.2) is 9.69 Å². The van der Waals surface area contributed by atoms with Gasteiger partial charge in [0.2, 0.25) is 17.6 Å². The molecule has 0 bridgehead atoms. The summed E-state index contributed by atoms with van der Waals surface area (Å²) < 4.78 is 10.4. The summed E-state index contributed by atoms with van der Waals surface area (Å²) in [5, 5.41) is 0.339. The second-order valence-corrected chi connectivity index (χ2v) is 7.56. The third kappa shape index (κ3) is 3.14. The Kier molecular flexibility index (Phi) is 4.52. The molecule has 0 spiro atoms. The number of ether oxygens (including phenoxy) is 1. The zero-order valence-corrected chi connectivity index (χ0v) is 15.4. The van der Waals surface area contributed by atoms with E-state index in [4.69, 9.17) is 20.8 Å². The molecule has 7 heteroatoms. The molecular weight excluding hydrogens is 370 g/mol. The monoisotopic (exact) mass is 387 g/mol. The van der Waals surface area contributed by atoms with Crippen LogP contribution in [-0.4, -0.2) is 17.8 Å². The number of hydrogen-bond acceptors (Lipinski definition) is 5. The predicted octanol–water partition coefficient (Wildman–Crippen LogP) is 4.08. The minimum Gasteiger partial charge on any atom is -0.457 e. The number of benzene rings is 1. The fourth-order valence-electron chi connectivity index (χ4n) is 3.92. The second kappa shape index (κ2) is 6.85. The molecule has 140 valence electrons.